The molecule has 2 radical (unpaired) electrons. The summed E-state index contributed by atoms with van der Waals surface area (Å²) in [4.78, 5) is 0. The molecule has 0 bridgehead atoms. The molecule has 0 fully saturated rings. The molecule has 9 heavy (non-hydrogen) atoms. The highest BCUT2D eigenvalue weighted by atomic mass is 35.5. The third-order valence-corrected chi connectivity index (χ3v) is 1.49. The minimum absolute atomic E-state index is 0.684. The Balaban J connectivity index is 3.07. The number of hydrogen-bond donors (Lipinski definition) is 0. The zero-order chi connectivity index (χ0) is 7.33. The maximum atomic E-state index is 5.51. The minimum Gasteiger partial charge on any atom is -0.113 e. The molecule has 0 aliphatic heterocycles. The molecule has 0 heterocycles. The summed E-state index contributed by atoms with van der Waals surface area (Å²) in [5.41, 5.74) is 0. The molecule has 0 unspecified atom stereocenters. The topological polar surface area (TPSA) is 0 Å². The average Bonchev–Trinajstić information content (AvgIpc) is 1.63. The lowest BCUT2D eigenvalue weighted by atomic mass is 9.97. The molecule has 0 aliphatic rings. The zero-order valence-electron chi connectivity index (χ0n) is 5.66. The molecule has 0 aromatic heterocycles. The third kappa shape index (κ3) is 8.64. The summed E-state index contributed by atoms with van der Waals surface area (Å²) in [6.45, 7) is 2.13. The third-order valence-electron chi connectivity index (χ3n) is 1.11. The second-order valence-corrected chi connectivity index (χ2v) is 3.76. The van der Waals surface area contributed by atoms with Gasteiger partial charge in [0.1, 0.15) is 7.85 Å². The maximum Gasteiger partial charge on any atom is 0.119 e. The van der Waals surface area contributed by atoms with Crippen LogP contribution in [0, 0.1) is 0 Å². The van der Waals surface area contributed by atoms with Gasteiger partial charge in [0.25, 0.3) is 0 Å². The molecule has 0 saturated carbocycles. The van der Waals surface area contributed by atoms with Crippen LogP contribution < -0.4 is 0 Å². The summed E-state index contributed by atoms with van der Waals surface area (Å²) in [6.07, 6.45) is 4.02. The van der Waals surface area contributed by atoms with Crippen molar-refractivity contribution in [1.82, 2.24) is 0 Å². The SMILES string of the molecule is [B]C(Cl)(Cl)CCCCC. The lowest BCUT2D eigenvalue weighted by Crippen LogP contribution is -2.11. The van der Waals surface area contributed by atoms with Crippen LogP contribution in [0.5, 0.6) is 0 Å². The Hall–Kier alpha value is 0.645. The molecule has 0 aromatic rings. The first-order valence-electron chi connectivity index (χ1n) is 3.23. The van der Waals surface area contributed by atoms with Crippen LogP contribution in [0.3, 0.4) is 0 Å². The number of rotatable bonds is 4. The molecule has 0 N–H and O–H groups in total. The van der Waals surface area contributed by atoms with E-state index in [9.17, 15) is 0 Å². The Morgan fingerprint density at radius 1 is 1.33 bits per heavy atom. The fourth-order valence-electron chi connectivity index (χ4n) is 0.611. The molecule has 0 spiro atoms. The maximum absolute atomic E-state index is 5.51. The van der Waals surface area contributed by atoms with Gasteiger partial charge in [-0.15, -0.1) is 23.2 Å². The molecule has 52 valence electrons. The number of hydrogen-bond acceptors (Lipinski definition) is 0. The molecule has 0 amide bonds. The van der Waals surface area contributed by atoms with E-state index in [2.05, 4.69) is 6.92 Å². The van der Waals surface area contributed by atoms with Gasteiger partial charge in [-0.25, -0.2) is 0 Å². The molecule has 0 aromatic carbocycles. The van der Waals surface area contributed by atoms with Crippen LogP contribution in [0.15, 0.2) is 0 Å². The predicted molar refractivity (Wildman–Crippen MR) is 44.3 cm³/mol. The smallest absolute Gasteiger partial charge is 0.113 e. The first-order valence-corrected chi connectivity index (χ1v) is 3.98. The van der Waals surface area contributed by atoms with Gasteiger partial charge in [-0.3, -0.25) is 0 Å². The number of alkyl halides is 2. The highest BCUT2D eigenvalue weighted by Crippen LogP contribution is 2.23. The van der Waals surface area contributed by atoms with Crippen molar-refractivity contribution >= 4 is 31.0 Å². The van der Waals surface area contributed by atoms with Crippen LogP contribution in [0.25, 0.3) is 0 Å². The Bertz CT molecular complexity index is 67.9. The molecule has 3 heteroatoms. The Kier molecular flexibility index (Phi) is 4.78. The van der Waals surface area contributed by atoms with E-state index in [1.165, 1.54) is 6.42 Å². The molecule has 0 saturated heterocycles. The first kappa shape index (κ1) is 9.64. The van der Waals surface area contributed by atoms with Crippen molar-refractivity contribution in [2.45, 2.75) is 36.8 Å². The fraction of sp³-hybridized carbons (Fsp3) is 1.00. The van der Waals surface area contributed by atoms with E-state index < -0.39 is 4.23 Å². The molecule has 0 rings (SSSR count). The highest BCUT2D eigenvalue weighted by molar-refractivity contribution is 6.65. The van der Waals surface area contributed by atoms with E-state index in [4.69, 9.17) is 31.0 Å². The van der Waals surface area contributed by atoms with Crippen molar-refractivity contribution < 1.29 is 0 Å². The van der Waals surface area contributed by atoms with Crippen LogP contribution in [0.2, 0.25) is 0 Å². The van der Waals surface area contributed by atoms with Gasteiger partial charge in [0.15, 0.2) is 0 Å². The van der Waals surface area contributed by atoms with Gasteiger partial charge in [0.05, 0.1) is 4.23 Å². The largest absolute Gasteiger partial charge is 0.119 e. The van der Waals surface area contributed by atoms with Crippen LogP contribution in [-0.4, -0.2) is 12.1 Å². The van der Waals surface area contributed by atoms with Gasteiger partial charge in [-0.05, 0) is 6.42 Å². The molecule has 0 atom stereocenters. The van der Waals surface area contributed by atoms with E-state index in [0.717, 1.165) is 12.8 Å². The van der Waals surface area contributed by atoms with Gasteiger partial charge in [-0.2, -0.15) is 0 Å². The fourth-order valence-corrected chi connectivity index (χ4v) is 0.878. The summed E-state index contributed by atoms with van der Waals surface area (Å²) < 4.78 is -1.00. The predicted octanol–water partition coefficient (Wildman–Crippen LogP) is 2.87. The Morgan fingerprint density at radius 2 is 1.89 bits per heavy atom. The van der Waals surface area contributed by atoms with Crippen molar-refractivity contribution in [1.29, 1.82) is 0 Å². The van der Waals surface area contributed by atoms with E-state index >= 15 is 0 Å². The normalized spacial score (nSPS) is 11.9. The van der Waals surface area contributed by atoms with Crippen molar-refractivity contribution in [2.24, 2.45) is 0 Å². The monoisotopic (exact) mass is 164 g/mol. The van der Waals surface area contributed by atoms with E-state index in [1.807, 2.05) is 0 Å². The second kappa shape index (κ2) is 4.46. The summed E-state index contributed by atoms with van der Waals surface area (Å²) >= 11 is 11.0. The first-order chi connectivity index (χ1) is 4.06. The minimum atomic E-state index is -1.00. The van der Waals surface area contributed by atoms with Crippen molar-refractivity contribution in [3.8, 4) is 0 Å². The summed E-state index contributed by atoms with van der Waals surface area (Å²) in [5.74, 6) is 0. The van der Waals surface area contributed by atoms with E-state index in [0.29, 0.717) is 6.42 Å². The molecule has 0 nitrogen and oxygen atoms in total. The number of halogens is 2. The zero-order valence-corrected chi connectivity index (χ0v) is 7.17. The molecular formula is C6H11BCl2. The highest BCUT2D eigenvalue weighted by Gasteiger charge is 2.13. The van der Waals surface area contributed by atoms with Crippen LogP contribution in [0.1, 0.15) is 32.6 Å². The lowest BCUT2D eigenvalue weighted by Gasteiger charge is -2.11. The van der Waals surface area contributed by atoms with Crippen molar-refractivity contribution in [2.75, 3.05) is 0 Å². The summed E-state index contributed by atoms with van der Waals surface area (Å²) in [6, 6.07) is 0. The van der Waals surface area contributed by atoms with E-state index in [-0.39, 0.29) is 0 Å². The van der Waals surface area contributed by atoms with Gasteiger partial charge < -0.3 is 0 Å². The summed E-state index contributed by atoms with van der Waals surface area (Å²) in [5, 5.41) is 0. The quantitative estimate of drug-likeness (QED) is 0.341. The van der Waals surface area contributed by atoms with Crippen LogP contribution in [0.4, 0.5) is 0 Å². The lowest BCUT2D eigenvalue weighted by molar-refractivity contribution is 0.677. The number of unbranched alkanes of at least 4 members (excludes halogenated alkanes) is 2. The second-order valence-electron chi connectivity index (χ2n) is 2.22. The van der Waals surface area contributed by atoms with Gasteiger partial charge in [0, 0.05) is 0 Å². The summed E-state index contributed by atoms with van der Waals surface area (Å²) in [7, 11) is 5.31. The molecule has 0 aliphatic carbocycles. The Labute approximate surface area is 68.3 Å². The average molecular weight is 165 g/mol. The Morgan fingerprint density at radius 3 is 2.22 bits per heavy atom. The van der Waals surface area contributed by atoms with Crippen molar-refractivity contribution in [3.63, 3.8) is 0 Å². The standard InChI is InChI=1S/C6H11BCl2/c1-2-3-4-5-6(7,8)9/h2-5H2,1H3. The van der Waals surface area contributed by atoms with Crippen LogP contribution >= 0.6 is 23.2 Å². The van der Waals surface area contributed by atoms with E-state index in [1.54, 1.807) is 0 Å². The van der Waals surface area contributed by atoms with Gasteiger partial charge in [0.2, 0.25) is 0 Å². The van der Waals surface area contributed by atoms with Crippen LogP contribution in [-0.2, 0) is 0 Å². The van der Waals surface area contributed by atoms with Crippen molar-refractivity contribution in [3.05, 3.63) is 0 Å². The van der Waals surface area contributed by atoms with Gasteiger partial charge in [-0.1, -0.05) is 26.2 Å². The van der Waals surface area contributed by atoms with Gasteiger partial charge >= 0.3 is 0 Å². The molecular weight excluding hydrogens is 154 g/mol.